The maximum Gasteiger partial charge on any atom is 0.198 e. The molecule has 4 heteroatoms. The third kappa shape index (κ3) is 7.11. The minimum atomic E-state index is -0.0123. The van der Waals surface area contributed by atoms with Gasteiger partial charge in [-0.15, -0.1) is 0 Å². The number of hydrogen-bond donors (Lipinski definition) is 0. The molecule has 0 unspecified atom stereocenters. The molecule has 0 aliphatic carbocycles. The lowest BCUT2D eigenvalue weighted by Gasteiger charge is -2.10. The summed E-state index contributed by atoms with van der Waals surface area (Å²) in [5.41, 5.74) is 3.23. The van der Waals surface area contributed by atoms with Crippen LogP contribution in [0.2, 0.25) is 0 Å². The minimum absolute atomic E-state index is 0.0123. The van der Waals surface area contributed by atoms with Gasteiger partial charge in [-0.05, 0) is 52.2 Å². The maximum atomic E-state index is 12.6. The van der Waals surface area contributed by atoms with E-state index < -0.39 is 0 Å². The molecule has 2 aromatic rings. The molecule has 0 aliphatic rings. The molecule has 0 aliphatic heterocycles. The van der Waals surface area contributed by atoms with Crippen molar-refractivity contribution in [2.24, 2.45) is 0 Å². The summed E-state index contributed by atoms with van der Waals surface area (Å²) in [4.78, 5) is 12.6. The van der Waals surface area contributed by atoms with Gasteiger partial charge in [-0.25, -0.2) is 0 Å². The number of carbonyl (C=O) groups excluding carboxylic acids is 1. The highest BCUT2D eigenvalue weighted by Gasteiger charge is 2.15. The smallest absolute Gasteiger partial charge is 0.198 e. The molecule has 0 saturated heterocycles. The summed E-state index contributed by atoms with van der Waals surface area (Å²) in [5.74, 6) is 1.48. The van der Waals surface area contributed by atoms with Crippen molar-refractivity contribution < 1.29 is 18.7 Å². The van der Waals surface area contributed by atoms with Crippen LogP contribution in [0.25, 0.3) is 11.0 Å². The van der Waals surface area contributed by atoms with Crippen molar-refractivity contribution in [1.82, 2.24) is 0 Å². The predicted octanol–water partition coefficient (Wildman–Crippen LogP) is 7.22. The third-order valence-corrected chi connectivity index (χ3v) is 4.53. The zero-order chi connectivity index (χ0) is 21.9. The number of carbonyl (C=O) groups is 1. The van der Waals surface area contributed by atoms with Crippen LogP contribution in [-0.2, 0) is 0 Å². The van der Waals surface area contributed by atoms with Crippen molar-refractivity contribution >= 4 is 16.8 Å². The fourth-order valence-corrected chi connectivity index (χ4v) is 2.97. The van der Waals surface area contributed by atoms with Crippen molar-refractivity contribution in [2.45, 2.75) is 46.5 Å². The van der Waals surface area contributed by atoms with Gasteiger partial charge >= 0.3 is 0 Å². The van der Waals surface area contributed by atoms with Crippen LogP contribution < -0.4 is 9.47 Å². The molecule has 0 fully saturated rings. The highest BCUT2D eigenvalue weighted by Crippen LogP contribution is 2.34. The molecular weight excluding hydrogens is 376 g/mol. The predicted molar refractivity (Wildman–Crippen MR) is 124 cm³/mol. The van der Waals surface area contributed by atoms with Gasteiger partial charge in [0.25, 0.3) is 0 Å². The van der Waals surface area contributed by atoms with Gasteiger partial charge in [-0.3, -0.25) is 4.79 Å². The first-order valence-electron chi connectivity index (χ1n) is 10.3. The second kappa shape index (κ2) is 11.9. The molecule has 0 radical (unpaired) electrons. The SMILES string of the molecule is C=CCOc1cc2cc(C(=O)CC/C=C(\C)CCC=C(C)C)oc2cc1OCC=C. The Morgan fingerprint density at radius 2 is 1.57 bits per heavy atom. The van der Waals surface area contributed by atoms with E-state index in [-0.39, 0.29) is 5.78 Å². The molecular formula is C26H32O4. The quantitative estimate of drug-likeness (QED) is 0.259. The lowest BCUT2D eigenvalue weighted by atomic mass is 10.1. The molecule has 2 rings (SSSR count). The highest BCUT2D eigenvalue weighted by atomic mass is 16.5. The highest BCUT2D eigenvalue weighted by molar-refractivity contribution is 5.98. The summed E-state index contributed by atoms with van der Waals surface area (Å²) in [6.45, 7) is 14.4. The Balaban J connectivity index is 2.07. The Morgan fingerprint density at radius 1 is 0.933 bits per heavy atom. The first-order valence-corrected chi connectivity index (χ1v) is 10.3. The molecule has 4 nitrogen and oxygen atoms in total. The fraction of sp³-hybridized carbons (Fsp3) is 0.346. The molecule has 0 saturated carbocycles. The molecule has 30 heavy (non-hydrogen) atoms. The Bertz CT molecular complexity index is 890. The van der Waals surface area contributed by atoms with Crippen molar-refractivity contribution in [3.63, 3.8) is 0 Å². The van der Waals surface area contributed by atoms with Crippen LogP contribution in [0.5, 0.6) is 11.5 Å². The Kier molecular flexibility index (Phi) is 9.20. The third-order valence-electron chi connectivity index (χ3n) is 4.53. The molecule has 1 aromatic heterocycles. The Labute approximate surface area is 179 Å². The van der Waals surface area contributed by atoms with E-state index in [0.29, 0.717) is 48.9 Å². The molecule has 0 N–H and O–H groups in total. The number of hydrogen-bond acceptors (Lipinski definition) is 4. The zero-order valence-corrected chi connectivity index (χ0v) is 18.3. The normalized spacial score (nSPS) is 11.2. The molecule has 160 valence electrons. The number of rotatable bonds is 13. The largest absolute Gasteiger partial charge is 0.486 e. The lowest BCUT2D eigenvalue weighted by Crippen LogP contribution is -1.99. The van der Waals surface area contributed by atoms with Gasteiger partial charge in [0.1, 0.15) is 18.8 Å². The van der Waals surface area contributed by atoms with Crippen LogP contribution in [0, 0.1) is 0 Å². The Morgan fingerprint density at radius 3 is 2.20 bits per heavy atom. The standard InChI is InChI=1S/C26H32O4/c1-6-14-28-25-17-21-16-24(30-23(21)18-26(25)29-15-7-2)22(27)13-9-12-20(5)11-8-10-19(3)4/h6-7,10,12,16-18H,1-2,8-9,11,13-15H2,3-5H3/b20-12+. The number of allylic oxidation sites excluding steroid dienone is 4. The monoisotopic (exact) mass is 408 g/mol. The van der Waals surface area contributed by atoms with Crippen molar-refractivity contribution in [2.75, 3.05) is 13.2 Å². The first-order chi connectivity index (χ1) is 14.4. The molecule has 0 bridgehead atoms. The molecule has 0 amide bonds. The lowest BCUT2D eigenvalue weighted by molar-refractivity contribution is 0.0959. The number of fused-ring (bicyclic) bond motifs is 1. The number of Topliss-reactive ketones (excluding diaryl/α,β-unsaturated/α-hetero) is 1. The van der Waals surface area contributed by atoms with E-state index in [1.807, 2.05) is 6.07 Å². The fourth-order valence-electron chi connectivity index (χ4n) is 2.97. The van der Waals surface area contributed by atoms with Crippen molar-refractivity contribution in [3.8, 4) is 11.5 Å². The second-order valence-electron chi connectivity index (χ2n) is 7.48. The van der Waals surface area contributed by atoms with E-state index in [0.717, 1.165) is 18.2 Å². The van der Waals surface area contributed by atoms with Crippen molar-refractivity contribution in [1.29, 1.82) is 0 Å². The van der Waals surface area contributed by atoms with Crippen LogP contribution in [0.4, 0.5) is 0 Å². The minimum Gasteiger partial charge on any atom is -0.486 e. The van der Waals surface area contributed by atoms with Gasteiger partial charge in [0.2, 0.25) is 0 Å². The first kappa shape index (κ1) is 23.3. The van der Waals surface area contributed by atoms with Crippen LogP contribution in [0.3, 0.4) is 0 Å². The summed E-state index contributed by atoms with van der Waals surface area (Å²) in [5, 5.41) is 0.803. The topological polar surface area (TPSA) is 48.7 Å². The summed E-state index contributed by atoms with van der Waals surface area (Å²) >= 11 is 0. The number of furan rings is 1. The number of benzene rings is 1. The second-order valence-corrected chi connectivity index (χ2v) is 7.48. The molecule has 1 heterocycles. The summed E-state index contributed by atoms with van der Waals surface area (Å²) in [6.07, 6.45) is 10.9. The van der Waals surface area contributed by atoms with Gasteiger partial charge in [-0.1, -0.05) is 48.6 Å². The summed E-state index contributed by atoms with van der Waals surface area (Å²) in [7, 11) is 0. The van der Waals surface area contributed by atoms with Gasteiger partial charge in [0.15, 0.2) is 23.0 Å². The number of ketones is 1. The van der Waals surface area contributed by atoms with E-state index in [1.165, 1.54) is 11.1 Å². The Hall–Kier alpha value is -3.01. The van der Waals surface area contributed by atoms with E-state index in [4.69, 9.17) is 13.9 Å². The maximum absolute atomic E-state index is 12.6. The van der Waals surface area contributed by atoms with E-state index in [2.05, 4.69) is 46.1 Å². The molecule has 0 spiro atoms. The van der Waals surface area contributed by atoms with Crippen LogP contribution in [-0.4, -0.2) is 19.0 Å². The van der Waals surface area contributed by atoms with Gasteiger partial charge in [-0.2, -0.15) is 0 Å². The van der Waals surface area contributed by atoms with Gasteiger partial charge < -0.3 is 13.9 Å². The average molecular weight is 409 g/mol. The summed E-state index contributed by atoms with van der Waals surface area (Å²) in [6, 6.07) is 5.34. The summed E-state index contributed by atoms with van der Waals surface area (Å²) < 4.78 is 17.1. The molecule has 1 aromatic carbocycles. The van der Waals surface area contributed by atoms with Gasteiger partial charge in [0.05, 0.1) is 0 Å². The van der Waals surface area contributed by atoms with E-state index in [1.54, 1.807) is 24.3 Å². The van der Waals surface area contributed by atoms with E-state index in [9.17, 15) is 4.79 Å². The number of ether oxygens (including phenoxy) is 2. The van der Waals surface area contributed by atoms with E-state index >= 15 is 0 Å². The van der Waals surface area contributed by atoms with Crippen LogP contribution in [0.15, 0.2) is 71.2 Å². The van der Waals surface area contributed by atoms with Crippen LogP contribution in [0.1, 0.15) is 57.0 Å². The van der Waals surface area contributed by atoms with Crippen LogP contribution >= 0.6 is 0 Å². The zero-order valence-electron chi connectivity index (χ0n) is 18.3. The molecule has 0 atom stereocenters. The van der Waals surface area contributed by atoms with Crippen molar-refractivity contribution in [3.05, 3.63) is 72.6 Å². The van der Waals surface area contributed by atoms with Gasteiger partial charge in [0, 0.05) is 17.9 Å². The average Bonchev–Trinajstić information content (AvgIpc) is 3.12.